The van der Waals surface area contributed by atoms with Crippen LogP contribution in [0.25, 0.3) is 0 Å². The minimum absolute atomic E-state index is 0.119. The normalized spacial score (nSPS) is 16.7. The number of amidine groups is 1. The number of para-hydroxylation sites is 1. The molecule has 0 fully saturated rings. The van der Waals surface area contributed by atoms with Gasteiger partial charge in [0.2, 0.25) is 0 Å². The second kappa shape index (κ2) is 6.42. The van der Waals surface area contributed by atoms with Crippen LogP contribution in [0.4, 0.5) is 5.69 Å². The molecular weight excluding hydrogens is 310 g/mol. The summed E-state index contributed by atoms with van der Waals surface area (Å²) in [6.07, 6.45) is -0.441. The van der Waals surface area contributed by atoms with Crippen LogP contribution >= 0.6 is 0 Å². The molecule has 2 N–H and O–H groups in total. The fraction of sp³-hybridized carbons (Fsp3) is 0.0952. The Balaban J connectivity index is 1.84. The molecule has 25 heavy (non-hydrogen) atoms. The van der Waals surface area contributed by atoms with Crippen LogP contribution < -0.4 is 4.90 Å². The van der Waals surface area contributed by atoms with Crippen molar-refractivity contribution in [1.29, 1.82) is 5.41 Å². The summed E-state index contributed by atoms with van der Waals surface area (Å²) in [4.78, 5) is 2.14. The standard InChI is InChI=1S/C21H19N3O/c22-20-18-13-7-8-14-19(18)23(15-16-9-3-1-4-10-16)21(24(20)25)17-11-5-2-6-12-17/h1-14,21-22,25H,15H2. The first kappa shape index (κ1) is 15.4. The highest BCUT2D eigenvalue weighted by atomic mass is 16.5. The van der Waals surface area contributed by atoms with Gasteiger partial charge in [-0.15, -0.1) is 0 Å². The van der Waals surface area contributed by atoms with Gasteiger partial charge in [-0.1, -0.05) is 72.8 Å². The molecule has 124 valence electrons. The number of anilines is 1. The van der Waals surface area contributed by atoms with Crippen LogP contribution in [0.2, 0.25) is 0 Å². The molecule has 0 radical (unpaired) electrons. The van der Waals surface area contributed by atoms with E-state index in [2.05, 4.69) is 17.0 Å². The van der Waals surface area contributed by atoms with Gasteiger partial charge in [0.15, 0.2) is 12.0 Å². The molecule has 0 bridgehead atoms. The first-order chi connectivity index (χ1) is 12.3. The lowest BCUT2D eigenvalue weighted by molar-refractivity contribution is -0.0594. The molecule has 0 spiro atoms. The average Bonchev–Trinajstić information content (AvgIpc) is 2.68. The third-order valence-corrected chi connectivity index (χ3v) is 4.52. The minimum atomic E-state index is -0.441. The van der Waals surface area contributed by atoms with E-state index in [1.165, 1.54) is 0 Å². The fourth-order valence-corrected chi connectivity index (χ4v) is 3.33. The summed E-state index contributed by atoms with van der Waals surface area (Å²) in [5, 5.41) is 20.2. The van der Waals surface area contributed by atoms with Gasteiger partial charge >= 0.3 is 0 Å². The van der Waals surface area contributed by atoms with Crippen LogP contribution in [-0.4, -0.2) is 16.1 Å². The van der Waals surface area contributed by atoms with Crippen LogP contribution in [0, 0.1) is 5.41 Å². The zero-order valence-corrected chi connectivity index (χ0v) is 13.7. The lowest BCUT2D eigenvalue weighted by Gasteiger charge is -2.44. The Kier molecular flexibility index (Phi) is 3.96. The van der Waals surface area contributed by atoms with Crippen molar-refractivity contribution in [3.05, 3.63) is 102 Å². The summed E-state index contributed by atoms with van der Waals surface area (Å²) in [6, 6.07) is 27.7. The molecule has 4 nitrogen and oxygen atoms in total. The number of hydroxylamine groups is 2. The molecule has 0 aromatic heterocycles. The van der Waals surface area contributed by atoms with E-state index >= 15 is 0 Å². The molecule has 1 unspecified atom stereocenters. The number of rotatable bonds is 3. The number of hydrogen-bond donors (Lipinski definition) is 2. The Hall–Kier alpha value is -3.11. The average molecular weight is 329 g/mol. The van der Waals surface area contributed by atoms with Gasteiger partial charge in [0, 0.05) is 17.8 Å². The highest BCUT2D eigenvalue weighted by Crippen LogP contribution is 2.38. The summed E-state index contributed by atoms with van der Waals surface area (Å²) in [5.74, 6) is 0.119. The van der Waals surface area contributed by atoms with Gasteiger partial charge in [-0.3, -0.25) is 10.6 Å². The number of hydrogen-bond acceptors (Lipinski definition) is 3. The Morgan fingerprint density at radius 1 is 0.800 bits per heavy atom. The van der Waals surface area contributed by atoms with Gasteiger partial charge in [0.1, 0.15) is 0 Å². The maximum Gasteiger partial charge on any atom is 0.157 e. The molecule has 1 atom stereocenters. The Morgan fingerprint density at radius 3 is 2.12 bits per heavy atom. The summed E-state index contributed by atoms with van der Waals surface area (Å²) in [6.45, 7) is 0.641. The molecule has 0 aliphatic carbocycles. The van der Waals surface area contributed by atoms with E-state index in [-0.39, 0.29) is 5.84 Å². The quantitative estimate of drug-likeness (QED) is 0.748. The van der Waals surface area contributed by atoms with E-state index in [0.717, 1.165) is 27.4 Å². The highest BCUT2D eigenvalue weighted by Gasteiger charge is 2.35. The molecule has 1 heterocycles. The second-order valence-corrected chi connectivity index (χ2v) is 6.11. The maximum atomic E-state index is 10.8. The topological polar surface area (TPSA) is 50.6 Å². The van der Waals surface area contributed by atoms with Crippen LogP contribution in [0.1, 0.15) is 22.9 Å². The number of benzene rings is 3. The largest absolute Gasteiger partial charge is 0.341 e. The molecule has 1 aliphatic heterocycles. The monoisotopic (exact) mass is 329 g/mol. The van der Waals surface area contributed by atoms with E-state index in [1.807, 2.05) is 72.8 Å². The van der Waals surface area contributed by atoms with Gasteiger partial charge in [0.05, 0.1) is 0 Å². The van der Waals surface area contributed by atoms with Crippen molar-refractivity contribution in [3.8, 4) is 0 Å². The van der Waals surface area contributed by atoms with Crippen LogP contribution in [-0.2, 0) is 6.54 Å². The number of fused-ring (bicyclic) bond motifs is 1. The van der Waals surface area contributed by atoms with Gasteiger partial charge in [-0.05, 0) is 23.3 Å². The zero-order valence-electron chi connectivity index (χ0n) is 13.7. The van der Waals surface area contributed by atoms with E-state index < -0.39 is 6.17 Å². The van der Waals surface area contributed by atoms with E-state index in [9.17, 15) is 5.21 Å². The van der Waals surface area contributed by atoms with Crippen molar-refractivity contribution in [2.45, 2.75) is 12.7 Å². The van der Waals surface area contributed by atoms with Crippen LogP contribution in [0.3, 0.4) is 0 Å². The second-order valence-electron chi connectivity index (χ2n) is 6.11. The van der Waals surface area contributed by atoms with Gasteiger partial charge in [0.25, 0.3) is 0 Å². The highest BCUT2D eigenvalue weighted by molar-refractivity contribution is 6.03. The molecule has 0 amide bonds. The van der Waals surface area contributed by atoms with Gasteiger partial charge < -0.3 is 4.90 Å². The Labute approximate surface area is 147 Å². The maximum absolute atomic E-state index is 10.8. The number of nitrogens with one attached hydrogen (secondary N) is 1. The SMILES string of the molecule is N=C1c2ccccc2N(Cc2ccccc2)C(c2ccccc2)N1O. The third-order valence-electron chi connectivity index (χ3n) is 4.52. The summed E-state index contributed by atoms with van der Waals surface area (Å²) in [7, 11) is 0. The third kappa shape index (κ3) is 2.77. The Morgan fingerprint density at radius 2 is 1.40 bits per heavy atom. The van der Waals surface area contributed by atoms with Crippen LogP contribution in [0.15, 0.2) is 84.9 Å². The minimum Gasteiger partial charge on any atom is -0.341 e. The lowest BCUT2D eigenvalue weighted by Crippen LogP contribution is -2.47. The van der Waals surface area contributed by atoms with Gasteiger partial charge in [-0.25, -0.2) is 5.06 Å². The molecule has 1 aliphatic rings. The summed E-state index contributed by atoms with van der Waals surface area (Å²) < 4.78 is 0. The van der Waals surface area contributed by atoms with Crippen molar-refractivity contribution in [3.63, 3.8) is 0 Å². The smallest absolute Gasteiger partial charge is 0.157 e. The van der Waals surface area contributed by atoms with E-state index in [4.69, 9.17) is 5.41 Å². The van der Waals surface area contributed by atoms with E-state index in [1.54, 1.807) is 0 Å². The van der Waals surface area contributed by atoms with Gasteiger partial charge in [-0.2, -0.15) is 0 Å². The predicted molar refractivity (Wildman–Crippen MR) is 98.7 cm³/mol. The lowest BCUT2D eigenvalue weighted by atomic mass is 10.0. The summed E-state index contributed by atoms with van der Waals surface area (Å²) in [5.41, 5.74) is 3.78. The molecule has 3 aromatic carbocycles. The predicted octanol–water partition coefficient (Wildman–Crippen LogP) is 4.42. The van der Waals surface area contributed by atoms with Crippen molar-refractivity contribution < 1.29 is 5.21 Å². The molecule has 4 heteroatoms. The van der Waals surface area contributed by atoms with Crippen molar-refractivity contribution in [2.24, 2.45) is 0 Å². The van der Waals surface area contributed by atoms with Crippen molar-refractivity contribution >= 4 is 11.5 Å². The number of nitrogens with zero attached hydrogens (tertiary/aromatic N) is 2. The van der Waals surface area contributed by atoms with E-state index in [0.29, 0.717) is 6.54 Å². The Bertz CT molecular complexity index is 880. The molecule has 3 aromatic rings. The first-order valence-corrected chi connectivity index (χ1v) is 8.27. The first-order valence-electron chi connectivity index (χ1n) is 8.27. The van der Waals surface area contributed by atoms with Crippen molar-refractivity contribution in [2.75, 3.05) is 4.90 Å². The summed E-state index contributed by atoms with van der Waals surface area (Å²) >= 11 is 0. The zero-order chi connectivity index (χ0) is 17.2. The molecular formula is C21H19N3O. The molecule has 4 rings (SSSR count). The molecule has 0 saturated heterocycles. The molecule has 0 saturated carbocycles. The van der Waals surface area contributed by atoms with Crippen molar-refractivity contribution in [1.82, 2.24) is 5.06 Å². The van der Waals surface area contributed by atoms with Crippen LogP contribution in [0.5, 0.6) is 0 Å². The fourth-order valence-electron chi connectivity index (χ4n) is 3.33.